The summed E-state index contributed by atoms with van der Waals surface area (Å²) in [5, 5.41) is 4.32. The standard InChI is InChI=1S/C14H15NO2/c16-12(9-11-5-3-7-15-11)14-8-10-4-1-2-6-13(10)17-14/h1-2,4,6,8,11,15H,3,5,7,9H2. The van der Waals surface area contributed by atoms with E-state index >= 15 is 0 Å². The highest BCUT2D eigenvalue weighted by molar-refractivity contribution is 5.97. The average Bonchev–Trinajstić information content (AvgIpc) is 2.96. The number of carbonyl (C=O) groups excluding carboxylic acids is 1. The highest BCUT2D eigenvalue weighted by Crippen LogP contribution is 2.21. The third-order valence-corrected chi connectivity index (χ3v) is 3.29. The molecular formula is C14H15NO2. The summed E-state index contributed by atoms with van der Waals surface area (Å²) in [5.74, 6) is 0.584. The fraction of sp³-hybridized carbons (Fsp3) is 0.357. The van der Waals surface area contributed by atoms with Gasteiger partial charge in [-0.25, -0.2) is 0 Å². The number of hydrogen-bond donors (Lipinski definition) is 1. The van der Waals surface area contributed by atoms with Gasteiger partial charge in [0, 0.05) is 17.8 Å². The smallest absolute Gasteiger partial charge is 0.199 e. The summed E-state index contributed by atoms with van der Waals surface area (Å²) in [5.41, 5.74) is 0.787. The van der Waals surface area contributed by atoms with E-state index in [1.807, 2.05) is 30.3 Å². The molecule has 1 atom stereocenters. The molecule has 1 N–H and O–H groups in total. The Kier molecular flexibility index (Phi) is 2.69. The second-order valence-corrected chi connectivity index (χ2v) is 4.57. The van der Waals surface area contributed by atoms with Crippen LogP contribution in [0.25, 0.3) is 11.0 Å². The van der Waals surface area contributed by atoms with Crippen molar-refractivity contribution in [2.75, 3.05) is 6.54 Å². The molecule has 1 aromatic heterocycles. The van der Waals surface area contributed by atoms with Gasteiger partial charge in [0.15, 0.2) is 11.5 Å². The van der Waals surface area contributed by atoms with E-state index in [0.29, 0.717) is 18.2 Å². The largest absolute Gasteiger partial charge is 0.453 e. The molecule has 0 spiro atoms. The van der Waals surface area contributed by atoms with E-state index in [0.717, 1.165) is 30.4 Å². The van der Waals surface area contributed by atoms with Crippen LogP contribution in [-0.4, -0.2) is 18.4 Å². The summed E-state index contributed by atoms with van der Waals surface area (Å²) in [7, 11) is 0. The van der Waals surface area contributed by atoms with Crippen LogP contribution in [-0.2, 0) is 0 Å². The van der Waals surface area contributed by atoms with Crippen molar-refractivity contribution < 1.29 is 9.21 Å². The first kappa shape index (κ1) is 10.5. The molecule has 3 heteroatoms. The zero-order valence-corrected chi connectivity index (χ0v) is 9.61. The zero-order valence-electron chi connectivity index (χ0n) is 9.61. The Morgan fingerprint density at radius 2 is 2.29 bits per heavy atom. The van der Waals surface area contributed by atoms with Crippen molar-refractivity contribution in [3.63, 3.8) is 0 Å². The molecule has 1 aromatic carbocycles. The van der Waals surface area contributed by atoms with Crippen LogP contribution in [0.4, 0.5) is 0 Å². The maximum absolute atomic E-state index is 12.0. The van der Waals surface area contributed by atoms with Gasteiger partial charge in [0.25, 0.3) is 0 Å². The summed E-state index contributed by atoms with van der Waals surface area (Å²) in [4.78, 5) is 12.0. The van der Waals surface area contributed by atoms with Gasteiger partial charge in [-0.05, 0) is 31.5 Å². The number of benzene rings is 1. The van der Waals surface area contributed by atoms with E-state index in [1.165, 1.54) is 0 Å². The monoisotopic (exact) mass is 229 g/mol. The molecule has 0 amide bonds. The van der Waals surface area contributed by atoms with Crippen LogP contribution in [0.1, 0.15) is 29.8 Å². The Morgan fingerprint density at radius 3 is 3.06 bits per heavy atom. The Morgan fingerprint density at radius 1 is 1.41 bits per heavy atom. The van der Waals surface area contributed by atoms with E-state index < -0.39 is 0 Å². The Bertz CT molecular complexity index is 505. The topological polar surface area (TPSA) is 42.2 Å². The van der Waals surface area contributed by atoms with Crippen LogP contribution in [0.15, 0.2) is 34.7 Å². The van der Waals surface area contributed by atoms with E-state index in [2.05, 4.69) is 5.32 Å². The summed E-state index contributed by atoms with van der Waals surface area (Å²) in [6, 6.07) is 9.88. The van der Waals surface area contributed by atoms with Crippen LogP contribution < -0.4 is 5.32 Å². The van der Waals surface area contributed by atoms with Crippen LogP contribution >= 0.6 is 0 Å². The van der Waals surface area contributed by atoms with Crippen LogP contribution in [0, 0.1) is 0 Å². The highest BCUT2D eigenvalue weighted by atomic mass is 16.3. The summed E-state index contributed by atoms with van der Waals surface area (Å²) >= 11 is 0. The summed E-state index contributed by atoms with van der Waals surface area (Å²) in [6.45, 7) is 1.03. The van der Waals surface area contributed by atoms with Crippen LogP contribution in [0.2, 0.25) is 0 Å². The Hall–Kier alpha value is -1.61. The van der Waals surface area contributed by atoms with Crippen molar-refractivity contribution in [3.8, 4) is 0 Å². The predicted molar refractivity (Wildman–Crippen MR) is 66.2 cm³/mol. The van der Waals surface area contributed by atoms with Gasteiger partial charge in [0.1, 0.15) is 5.58 Å². The quantitative estimate of drug-likeness (QED) is 0.823. The summed E-state index contributed by atoms with van der Waals surface area (Å²) in [6.07, 6.45) is 2.80. The van der Waals surface area contributed by atoms with Crippen molar-refractivity contribution >= 4 is 16.8 Å². The number of fused-ring (bicyclic) bond motifs is 1. The summed E-state index contributed by atoms with van der Waals surface area (Å²) < 4.78 is 5.56. The third kappa shape index (κ3) is 2.11. The lowest BCUT2D eigenvalue weighted by atomic mass is 10.1. The average molecular weight is 229 g/mol. The Balaban J connectivity index is 1.80. The SMILES string of the molecule is O=C(CC1CCCN1)c1cc2ccccc2o1. The fourth-order valence-electron chi connectivity index (χ4n) is 2.37. The highest BCUT2D eigenvalue weighted by Gasteiger charge is 2.20. The molecule has 1 saturated heterocycles. The molecule has 88 valence electrons. The molecule has 17 heavy (non-hydrogen) atoms. The van der Waals surface area contributed by atoms with Crippen molar-refractivity contribution in [1.82, 2.24) is 5.32 Å². The maximum atomic E-state index is 12.0. The first-order valence-electron chi connectivity index (χ1n) is 6.08. The molecule has 1 unspecified atom stereocenters. The first-order valence-corrected chi connectivity index (χ1v) is 6.08. The molecule has 1 aliphatic rings. The van der Waals surface area contributed by atoms with Crippen molar-refractivity contribution in [2.24, 2.45) is 0 Å². The molecule has 0 bridgehead atoms. The van der Waals surface area contributed by atoms with E-state index in [1.54, 1.807) is 0 Å². The van der Waals surface area contributed by atoms with Gasteiger partial charge < -0.3 is 9.73 Å². The van der Waals surface area contributed by atoms with Gasteiger partial charge in [0.2, 0.25) is 0 Å². The fourth-order valence-corrected chi connectivity index (χ4v) is 2.37. The van der Waals surface area contributed by atoms with Gasteiger partial charge in [-0.2, -0.15) is 0 Å². The predicted octanol–water partition coefficient (Wildman–Crippen LogP) is 2.76. The van der Waals surface area contributed by atoms with Crippen molar-refractivity contribution in [1.29, 1.82) is 0 Å². The minimum absolute atomic E-state index is 0.0978. The van der Waals surface area contributed by atoms with Gasteiger partial charge in [-0.1, -0.05) is 18.2 Å². The Labute approximate surface area is 99.8 Å². The maximum Gasteiger partial charge on any atom is 0.199 e. The molecule has 2 heterocycles. The molecule has 0 saturated carbocycles. The number of Topliss-reactive ketones (excluding diaryl/α,β-unsaturated/α-hetero) is 1. The molecule has 3 rings (SSSR count). The number of nitrogens with one attached hydrogen (secondary N) is 1. The zero-order chi connectivity index (χ0) is 11.7. The third-order valence-electron chi connectivity index (χ3n) is 3.29. The minimum Gasteiger partial charge on any atom is -0.453 e. The lowest BCUT2D eigenvalue weighted by molar-refractivity contribution is 0.0947. The number of carbonyl (C=O) groups is 1. The molecule has 0 radical (unpaired) electrons. The van der Waals surface area contributed by atoms with E-state index in [4.69, 9.17) is 4.42 Å². The van der Waals surface area contributed by atoms with Gasteiger partial charge in [0.05, 0.1) is 0 Å². The molecule has 0 aliphatic carbocycles. The van der Waals surface area contributed by atoms with Crippen LogP contribution in [0.5, 0.6) is 0 Å². The van der Waals surface area contributed by atoms with Gasteiger partial charge >= 0.3 is 0 Å². The lowest BCUT2D eigenvalue weighted by Crippen LogP contribution is -2.24. The van der Waals surface area contributed by atoms with Gasteiger partial charge in [-0.15, -0.1) is 0 Å². The van der Waals surface area contributed by atoms with E-state index in [-0.39, 0.29) is 5.78 Å². The lowest BCUT2D eigenvalue weighted by Gasteiger charge is -2.06. The first-order chi connectivity index (χ1) is 8.33. The molecular weight excluding hydrogens is 214 g/mol. The number of furan rings is 1. The number of para-hydroxylation sites is 1. The second kappa shape index (κ2) is 4.34. The molecule has 1 aliphatic heterocycles. The van der Waals surface area contributed by atoms with Crippen molar-refractivity contribution in [2.45, 2.75) is 25.3 Å². The van der Waals surface area contributed by atoms with E-state index in [9.17, 15) is 4.79 Å². The molecule has 2 aromatic rings. The number of ketones is 1. The molecule has 3 nitrogen and oxygen atoms in total. The molecule has 1 fully saturated rings. The van der Waals surface area contributed by atoms with Gasteiger partial charge in [-0.3, -0.25) is 4.79 Å². The van der Waals surface area contributed by atoms with Crippen LogP contribution in [0.3, 0.4) is 0 Å². The number of rotatable bonds is 3. The second-order valence-electron chi connectivity index (χ2n) is 4.57. The number of hydrogen-bond acceptors (Lipinski definition) is 3. The van der Waals surface area contributed by atoms with Crippen molar-refractivity contribution in [3.05, 3.63) is 36.1 Å². The minimum atomic E-state index is 0.0978. The normalized spacial score (nSPS) is 19.9.